The zero-order valence-electron chi connectivity index (χ0n) is 13.3. The van der Waals surface area contributed by atoms with Gasteiger partial charge in [0.25, 0.3) is 5.91 Å². The second-order valence-electron chi connectivity index (χ2n) is 5.79. The van der Waals surface area contributed by atoms with Crippen LogP contribution in [0.3, 0.4) is 0 Å². The van der Waals surface area contributed by atoms with Crippen LogP contribution in [0.2, 0.25) is 0 Å². The molecule has 1 fully saturated rings. The van der Waals surface area contributed by atoms with Crippen LogP contribution < -0.4 is 10.1 Å². The second kappa shape index (κ2) is 7.46. The average molecular weight is 290 g/mol. The Morgan fingerprint density at radius 1 is 1.48 bits per heavy atom. The number of para-hydroxylation sites is 1. The van der Waals surface area contributed by atoms with Crippen molar-refractivity contribution in [3.63, 3.8) is 0 Å². The number of rotatable bonds is 6. The molecule has 0 saturated carbocycles. The maximum absolute atomic E-state index is 12.2. The number of carbonyl (C=O) groups is 1. The lowest BCUT2D eigenvalue weighted by Crippen LogP contribution is -2.41. The van der Waals surface area contributed by atoms with E-state index >= 15 is 0 Å². The monoisotopic (exact) mass is 290 g/mol. The van der Waals surface area contributed by atoms with E-state index in [-0.39, 0.29) is 12.5 Å². The molecule has 1 N–H and O–H groups in total. The molecule has 2 rings (SSSR count). The largest absolute Gasteiger partial charge is 0.483 e. The molecule has 116 valence electrons. The van der Waals surface area contributed by atoms with Crippen LogP contribution in [0.1, 0.15) is 38.2 Å². The fourth-order valence-corrected chi connectivity index (χ4v) is 2.65. The Bertz CT molecular complexity index is 470. The fourth-order valence-electron chi connectivity index (χ4n) is 2.65. The first-order valence-electron chi connectivity index (χ1n) is 7.81. The van der Waals surface area contributed by atoms with Gasteiger partial charge in [0.15, 0.2) is 6.61 Å². The molecule has 4 heteroatoms. The molecule has 0 bridgehead atoms. The van der Waals surface area contributed by atoms with E-state index < -0.39 is 0 Å². The van der Waals surface area contributed by atoms with Crippen LogP contribution in [0.4, 0.5) is 0 Å². The van der Waals surface area contributed by atoms with Gasteiger partial charge in [0.05, 0.1) is 0 Å². The van der Waals surface area contributed by atoms with Crippen molar-refractivity contribution < 1.29 is 9.53 Å². The smallest absolute Gasteiger partial charge is 0.260 e. The normalized spacial score (nSPS) is 19.3. The van der Waals surface area contributed by atoms with Gasteiger partial charge in [0, 0.05) is 19.6 Å². The molecular formula is C17H26N2O2. The highest BCUT2D eigenvalue weighted by Gasteiger charge is 2.23. The number of likely N-dealkylation sites (N-methyl/N-ethyl adjacent to an activating group) is 1. The van der Waals surface area contributed by atoms with E-state index in [2.05, 4.69) is 25.2 Å². The molecule has 2 atom stereocenters. The third-order valence-electron chi connectivity index (χ3n) is 4.39. The Morgan fingerprint density at radius 3 is 2.90 bits per heavy atom. The Kier molecular flexibility index (Phi) is 5.62. The summed E-state index contributed by atoms with van der Waals surface area (Å²) in [5, 5.41) is 3.28. The number of hydrogen-bond donors (Lipinski definition) is 1. The zero-order valence-corrected chi connectivity index (χ0v) is 13.3. The second-order valence-corrected chi connectivity index (χ2v) is 5.79. The number of amides is 1. The van der Waals surface area contributed by atoms with Gasteiger partial charge in [-0.2, -0.15) is 0 Å². The number of nitrogens with one attached hydrogen (secondary N) is 1. The molecule has 4 nitrogen and oxygen atoms in total. The molecular weight excluding hydrogens is 264 g/mol. The van der Waals surface area contributed by atoms with Crippen molar-refractivity contribution in [3.05, 3.63) is 29.8 Å². The molecule has 1 aromatic carbocycles. The maximum Gasteiger partial charge on any atom is 0.260 e. The van der Waals surface area contributed by atoms with Gasteiger partial charge in [-0.15, -0.1) is 0 Å². The van der Waals surface area contributed by atoms with E-state index in [0.29, 0.717) is 12.0 Å². The standard InChI is InChI=1S/C17H26N2O2/c1-4-13(2)15-7-5-6-8-16(15)21-12-17(20)19(3)14-9-10-18-11-14/h5-8,13-14,18H,4,9-12H2,1-3H3. The van der Waals surface area contributed by atoms with Crippen LogP contribution >= 0.6 is 0 Å². The van der Waals surface area contributed by atoms with Gasteiger partial charge in [-0.25, -0.2) is 0 Å². The lowest BCUT2D eigenvalue weighted by Gasteiger charge is -2.24. The highest BCUT2D eigenvalue weighted by atomic mass is 16.5. The minimum absolute atomic E-state index is 0.0441. The van der Waals surface area contributed by atoms with Crippen molar-refractivity contribution in [3.8, 4) is 5.75 Å². The summed E-state index contributed by atoms with van der Waals surface area (Å²) in [5.74, 6) is 1.31. The predicted molar refractivity (Wildman–Crippen MR) is 84.7 cm³/mol. The van der Waals surface area contributed by atoms with Gasteiger partial charge >= 0.3 is 0 Å². The van der Waals surface area contributed by atoms with Crippen LogP contribution in [0.15, 0.2) is 24.3 Å². The quantitative estimate of drug-likeness (QED) is 0.874. The van der Waals surface area contributed by atoms with Gasteiger partial charge in [-0.05, 0) is 36.9 Å². The van der Waals surface area contributed by atoms with Crippen molar-refractivity contribution >= 4 is 5.91 Å². The molecule has 0 aromatic heterocycles. The van der Waals surface area contributed by atoms with Crippen LogP contribution in [0.5, 0.6) is 5.75 Å². The molecule has 1 aromatic rings. The summed E-state index contributed by atoms with van der Waals surface area (Å²) in [6.07, 6.45) is 2.08. The predicted octanol–water partition coefficient (Wildman–Crippen LogP) is 2.40. The number of hydrogen-bond acceptors (Lipinski definition) is 3. The maximum atomic E-state index is 12.2. The van der Waals surface area contributed by atoms with Gasteiger partial charge in [0.1, 0.15) is 5.75 Å². The summed E-state index contributed by atoms with van der Waals surface area (Å²) in [7, 11) is 1.87. The summed E-state index contributed by atoms with van der Waals surface area (Å²) in [4.78, 5) is 14.0. The van der Waals surface area contributed by atoms with Crippen LogP contribution in [0, 0.1) is 0 Å². The molecule has 1 aliphatic heterocycles. The number of ether oxygens (including phenoxy) is 1. The van der Waals surface area contributed by atoms with Gasteiger partial charge in [-0.3, -0.25) is 4.79 Å². The van der Waals surface area contributed by atoms with E-state index in [4.69, 9.17) is 4.74 Å². The van der Waals surface area contributed by atoms with E-state index in [1.807, 2.05) is 30.1 Å². The number of nitrogens with zero attached hydrogens (tertiary/aromatic N) is 1. The lowest BCUT2D eigenvalue weighted by atomic mass is 9.98. The lowest BCUT2D eigenvalue weighted by molar-refractivity contribution is -0.133. The Hall–Kier alpha value is -1.55. The van der Waals surface area contributed by atoms with E-state index in [1.165, 1.54) is 5.56 Å². The Balaban J connectivity index is 1.94. The van der Waals surface area contributed by atoms with E-state index in [9.17, 15) is 4.79 Å². The minimum atomic E-state index is 0.0441. The fraction of sp³-hybridized carbons (Fsp3) is 0.588. The molecule has 0 spiro atoms. The molecule has 0 aliphatic carbocycles. The van der Waals surface area contributed by atoms with E-state index in [1.54, 1.807) is 0 Å². The zero-order chi connectivity index (χ0) is 15.2. The Labute approximate surface area is 127 Å². The van der Waals surface area contributed by atoms with Gasteiger partial charge in [-0.1, -0.05) is 32.0 Å². The highest BCUT2D eigenvalue weighted by molar-refractivity contribution is 5.78. The summed E-state index contributed by atoms with van der Waals surface area (Å²) in [5.41, 5.74) is 1.18. The first-order chi connectivity index (χ1) is 10.1. The molecule has 1 saturated heterocycles. The van der Waals surface area contributed by atoms with Crippen LogP contribution in [0.25, 0.3) is 0 Å². The number of benzene rings is 1. The Morgan fingerprint density at radius 2 is 2.24 bits per heavy atom. The van der Waals surface area contributed by atoms with Gasteiger partial charge in [0.2, 0.25) is 0 Å². The summed E-state index contributed by atoms with van der Waals surface area (Å²) >= 11 is 0. The average Bonchev–Trinajstić information content (AvgIpc) is 3.05. The van der Waals surface area contributed by atoms with E-state index in [0.717, 1.165) is 31.7 Å². The first kappa shape index (κ1) is 15.8. The number of carbonyl (C=O) groups excluding carboxylic acids is 1. The molecule has 2 unspecified atom stereocenters. The first-order valence-corrected chi connectivity index (χ1v) is 7.81. The molecule has 1 heterocycles. The summed E-state index contributed by atoms with van der Waals surface area (Å²) < 4.78 is 5.79. The van der Waals surface area contributed by atoms with Crippen LogP contribution in [-0.2, 0) is 4.79 Å². The minimum Gasteiger partial charge on any atom is -0.483 e. The molecule has 21 heavy (non-hydrogen) atoms. The third kappa shape index (κ3) is 3.97. The molecule has 0 radical (unpaired) electrons. The SMILES string of the molecule is CCC(C)c1ccccc1OCC(=O)N(C)C1CCNC1. The van der Waals surface area contributed by atoms with Crippen molar-refractivity contribution in [2.75, 3.05) is 26.7 Å². The van der Waals surface area contributed by atoms with Gasteiger partial charge < -0.3 is 15.0 Å². The topological polar surface area (TPSA) is 41.6 Å². The van der Waals surface area contributed by atoms with Crippen molar-refractivity contribution in [1.82, 2.24) is 10.2 Å². The summed E-state index contributed by atoms with van der Waals surface area (Å²) in [6, 6.07) is 8.30. The molecule has 1 aliphatic rings. The van der Waals surface area contributed by atoms with Crippen molar-refractivity contribution in [2.45, 2.75) is 38.6 Å². The highest BCUT2D eigenvalue weighted by Crippen LogP contribution is 2.28. The summed E-state index contributed by atoms with van der Waals surface area (Å²) in [6.45, 7) is 6.32. The third-order valence-corrected chi connectivity index (χ3v) is 4.39. The van der Waals surface area contributed by atoms with Crippen molar-refractivity contribution in [2.24, 2.45) is 0 Å². The van der Waals surface area contributed by atoms with Crippen molar-refractivity contribution in [1.29, 1.82) is 0 Å². The van der Waals surface area contributed by atoms with Crippen LogP contribution in [-0.4, -0.2) is 43.6 Å². The molecule has 1 amide bonds.